The Kier molecular flexibility index (Phi) is 11.2. The Hall–Kier alpha value is -12.8. The summed E-state index contributed by atoms with van der Waals surface area (Å²) < 4.78 is 28.9. The summed E-state index contributed by atoms with van der Waals surface area (Å²) in [5.41, 5.74) is 21.9. The summed E-state index contributed by atoms with van der Waals surface area (Å²) in [6.45, 7) is 0. The zero-order chi connectivity index (χ0) is 62.7. The van der Waals surface area contributed by atoms with E-state index in [1.54, 1.807) is 0 Å². The van der Waals surface area contributed by atoms with Gasteiger partial charge >= 0.3 is 0 Å². The summed E-state index contributed by atoms with van der Waals surface area (Å²) in [4.78, 5) is 0. The number of rotatable bonds is 7. The highest BCUT2D eigenvalue weighted by atomic mass is 16.4. The maximum Gasteiger partial charge on any atom is 0.147 e. The Morgan fingerprint density at radius 2 is 0.448 bits per heavy atom. The van der Waals surface area contributed by atoms with Gasteiger partial charge in [-0.2, -0.15) is 0 Å². The maximum absolute atomic E-state index is 7.41. The number of furan rings is 4. The van der Waals surface area contributed by atoms with Crippen LogP contribution in [-0.4, -0.2) is 0 Å². The van der Waals surface area contributed by atoms with Crippen LogP contribution in [0.25, 0.3) is 220 Å². The van der Waals surface area contributed by atoms with Crippen LogP contribution in [0, 0.1) is 0 Å². The first-order chi connectivity index (χ1) is 47.6. The molecule has 0 N–H and O–H groups in total. The standard InChI is InChI=1S/C92H52O4/c1-2-19-53(20-3-1)54-37-41-57(42-38-54)83-67-26-6-10-30-71(67)85(72-31-11-7-27-68(72)83)87-89-75(63-24-14-16-35-79(63)93-89)51-77-65-47-45-59(49-81(65)95-91(77)87)60-46-48-66-78-52-76-64-25-15-17-36-80(64)94-90(76)88(92(78)96-82(66)50-60)86-73-32-12-8-28-69(73)84(70-29-9-13-33-74(70)86)58-43-39-56(40-44-58)62-34-18-22-55-21-4-5-23-61(55)62/h1-52H. The summed E-state index contributed by atoms with van der Waals surface area (Å²) in [5.74, 6) is 0. The monoisotopic (exact) mass is 1220 g/mol. The first-order valence-corrected chi connectivity index (χ1v) is 32.9. The van der Waals surface area contributed by atoms with Gasteiger partial charge in [0.1, 0.15) is 44.7 Å². The van der Waals surface area contributed by atoms with Crippen molar-refractivity contribution in [1.29, 1.82) is 0 Å². The van der Waals surface area contributed by atoms with E-state index >= 15 is 0 Å². The molecule has 4 heteroatoms. The minimum absolute atomic E-state index is 0.780. The van der Waals surface area contributed by atoms with Crippen LogP contribution in [0.3, 0.4) is 0 Å². The Balaban J connectivity index is 0.745. The topological polar surface area (TPSA) is 52.6 Å². The molecule has 0 saturated heterocycles. The Labute approximate surface area is 549 Å². The number of benzene rings is 17. The van der Waals surface area contributed by atoms with Gasteiger partial charge in [-0.3, -0.25) is 0 Å². The van der Waals surface area contributed by atoms with Gasteiger partial charge in [0.05, 0.1) is 11.1 Å². The summed E-state index contributed by atoms with van der Waals surface area (Å²) in [6.07, 6.45) is 0. The molecule has 0 radical (unpaired) electrons. The van der Waals surface area contributed by atoms with E-state index in [0.29, 0.717) is 0 Å². The molecule has 0 amide bonds. The van der Waals surface area contributed by atoms with Crippen LogP contribution < -0.4 is 0 Å². The van der Waals surface area contributed by atoms with E-state index in [-0.39, 0.29) is 0 Å². The van der Waals surface area contributed by atoms with Crippen molar-refractivity contribution >= 4 is 142 Å². The Bertz CT molecular complexity index is 6740. The molecule has 4 aromatic heterocycles. The average molecular weight is 1220 g/mol. The quantitative estimate of drug-likeness (QED) is 0.149. The second kappa shape index (κ2) is 20.4. The fourth-order valence-corrected chi connectivity index (χ4v) is 16.2. The van der Waals surface area contributed by atoms with E-state index in [2.05, 4.69) is 303 Å². The summed E-state index contributed by atoms with van der Waals surface area (Å²) in [6, 6.07) is 114. The molecular weight excluding hydrogens is 1170 g/mol. The lowest BCUT2D eigenvalue weighted by Crippen LogP contribution is -1.92. The minimum atomic E-state index is 0.780. The van der Waals surface area contributed by atoms with E-state index in [9.17, 15) is 0 Å². The molecule has 21 rings (SSSR count). The van der Waals surface area contributed by atoms with E-state index in [1.807, 2.05) is 12.1 Å². The van der Waals surface area contributed by atoms with Gasteiger partial charge in [-0.05, 0) is 158 Å². The molecule has 0 aliphatic heterocycles. The molecule has 21 aromatic rings. The van der Waals surface area contributed by atoms with Crippen LogP contribution >= 0.6 is 0 Å². The van der Waals surface area contributed by atoms with Gasteiger partial charge in [-0.25, -0.2) is 0 Å². The van der Waals surface area contributed by atoms with Crippen molar-refractivity contribution in [1.82, 2.24) is 0 Å². The smallest absolute Gasteiger partial charge is 0.147 e. The van der Waals surface area contributed by atoms with Crippen molar-refractivity contribution in [2.75, 3.05) is 0 Å². The van der Waals surface area contributed by atoms with E-state index in [4.69, 9.17) is 17.7 Å². The molecule has 17 aromatic carbocycles. The fraction of sp³-hybridized carbons (Fsp3) is 0. The van der Waals surface area contributed by atoms with Crippen molar-refractivity contribution in [3.05, 3.63) is 315 Å². The van der Waals surface area contributed by atoms with Crippen molar-refractivity contribution in [2.24, 2.45) is 0 Å². The lowest BCUT2D eigenvalue weighted by atomic mass is 9.84. The molecule has 444 valence electrons. The molecule has 0 fully saturated rings. The number of hydrogen-bond donors (Lipinski definition) is 0. The normalized spacial score (nSPS) is 12.2. The Morgan fingerprint density at radius 3 is 0.885 bits per heavy atom. The van der Waals surface area contributed by atoms with E-state index in [0.717, 1.165) is 175 Å². The first kappa shape index (κ1) is 52.8. The second-order valence-electron chi connectivity index (χ2n) is 25.6. The average Bonchev–Trinajstić information content (AvgIpc) is 1.43. The van der Waals surface area contributed by atoms with Gasteiger partial charge in [-0.1, -0.05) is 267 Å². The molecule has 0 atom stereocenters. The molecule has 96 heavy (non-hydrogen) atoms. The number of para-hydroxylation sites is 2. The van der Waals surface area contributed by atoms with Gasteiger partial charge in [0.2, 0.25) is 0 Å². The van der Waals surface area contributed by atoms with Crippen molar-refractivity contribution in [2.45, 2.75) is 0 Å². The lowest BCUT2D eigenvalue weighted by molar-refractivity contribution is 0.657. The van der Waals surface area contributed by atoms with Crippen LogP contribution in [0.15, 0.2) is 333 Å². The van der Waals surface area contributed by atoms with Gasteiger partial charge in [0.25, 0.3) is 0 Å². The van der Waals surface area contributed by atoms with E-state index in [1.165, 1.54) is 44.2 Å². The van der Waals surface area contributed by atoms with Crippen LogP contribution in [0.1, 0.15) is 0 Å². The van der Waals surface area contributed by atoms with Gasteiger partial charge in [0, 0.05) is 54.2 Å². The van der Waals surface area contributed by atoms with Crippen LogP contribution in [0.2, 0.25) is 0 Å². The number of hydrogen-bond acceptors (Lipinski definition) is 4. The zero-order valence-electron chi connectivity index (χ0n) is 51.7. The third-order valence-corrected chi connectivity index (χ3v) is 20.5. The first-order valence-electron chi connectivity index (χ1n) is 32.9. The van der Waals surface area contributed by atoms with E-state index < -0.39 is 0 Å². The highest BCUT2D eigenvalue weighted by molar-refractivity contribution is 6.32. The van der Waals surface area contributed by atoms with Gasteiger partial charge < -0.3 is 17.7 Å². The van der Waals surface area contributed by atoms with Crippen LogP contribution in [0.5, 0.6) is 0 Å². The largest absolute Gasteiger partial charge is 0.455 e. The van der Waals surface area contributed by atoms with Crippen LogP contribution in [-0.2, 0) is 0 Å². The summed E-state index contributed by atoms with van der Waals surface area (Å²) >= 11 is 0. The van der Waals surface area contributed by atoms with Crippen molar-refractivity contribution in [3.63, 3.8) is 0 Å². The van der Waals surface area contributed by atoms with Crippen molar-refractivity contribution in [3.8, 4) is 77.9 Å². The van der Waals surface area contributed by atoms with Crippen LogP contribution in [0.4, 0.5) is 0 Å². The molecule has 4 nitrogen and oxygen atoms in total. The third kappa shape index (κ3) is 7.72. The zero-order valence-corrected chi connectivity index (χ0v) is 51.7. The highest BCUT2D eigenvalue weighted by Gasteiger charge is 2.29. The third-order valence-electron chi connectivity index (χ3n) is 20.5. The fourth-order valence-electron chi connectivity index (χ4n) is 16.2. The number of fused-ring (bicyclic) bond motifs is 17. The van der Waals surface area contributed by atoms with Gasteiger partial charge in [-0.15, -0.1) is 0 Å². The molecular formula is C92H52O4. The molecule has 0 aliphatic rings. The highest BCUT2D eigenvalue weighted by Crippen LogP contribution is 2.54. The van der Waals surface area contributed by atoms with Gasteiger partial charge in [0.15, 0.2) is 0 Å². The van der Waals surface area contributed by atoms with Crippen molar-refractivity contribution < 1.29 is 17.7 Å². The summed E-state index contributed by atoms with van der Waals surface area (Å²) in [7, 11) is 0. The molecule has 0 bridgehead atoms. The molecule has 0 unspecified atom stereocenters. The lowest BCUT2D eigenvalue weighted by Gasteiger charge is -2.18. The summed E-state index contributed by atoms with van der Waals surface area (Å²) in [5, 5.41) is 19.9. The molecule has 0 spiro atoms. The predicted molar refractivity (Wildman–Crippen MR) is 401 cm³/mol. The Morgan fingerprint density at radius 1 is 0.146 bits per heavy atom. The molecule has 4 heterocycles. The minimum Gasteiger partial charge on any atom is -0.455 e. The molecule has 0 saturated carbocycles. The maximum atomic E-state index is 7.41. The second-order valence-corrected chi connectivity index (χ2v) is 25.6. The predicted octanol–water partition coefficient (Wildman–Crippen LogP) is 26.7. The molecule has 0 aliphatic carbocycles. The SMILES string of the molecule is c1ccc(-c2ccc(-c3c4ccccc4c(-c4c5oc6ccccc6c5cc5c4oc4cc(-c6ccc7c(c6)oc6c(-c8c9ccccc9c(-c9ccc(-c%10cccc%11ccccc%10%11)cc9)c9ccccc89)c8oc9ccccc9c8cc67)ccc45)c4ccccc34)cc2)cc1.